The lowest BCUT2D eigenvalue weighted by Crippen LogP contribution is -2.60. The van der Waals surface area contributed by atoms with Gasteiger partial charge in [-0.1, -0.05) is 6.07 Å². The average Bonchev–Trinajstić information content (AvgIpc) is 3.20. The minimum atomic E-state index is -1.95. The van der Waals surface area contributed by atoms with E-state index in [1.807, 2.05) is 0 Å². The van der Waals surface area contributed by atoms with Gasteiger partial charge < -0.3 is 84.6 Å². The summed E-state index contributed by atoms with van der Waals surface area (Å²) in [5.74, 6) is -5.65. The molecule has 0 radical (unpaired) electrons. The third-order valence-electron chi connectivity index (χ3n) is 9.26. The number of carbonyl (C=O) groups is 3. The summed E-state index contributed by atoms with van der Waals surface area (Å²) < 4.78 is 39.4. The Morgan fingerprint density at radius 2 is 1.25 bits per heavy atom. The first-order chi connectivity index (χ1) is 28.5. The molecule has 2 saturated heterocycles. The molecule has 320 valence electrons. The predicted molar refractivity (Wildman–Crippen MR) is 197 cm³/mol. The second-order valence-corrected chi connectivity index (χ2v) is 13.6. The summed E-state index contributed by atoms with van der Waals surface area (Å²) in [6.07, 6.45) is -16.8. The van der Waals surface area contributed by atoms with Gasteiger partial charge in [-0.2, -0.15) is 0 Å². The van der Waals surface area contributed by atoms with Gasteiger partial charge in [0.1, 0.15) is 91.1 Å². The number of aliphatic hydroxyl groups excluding tert-OH is 6. The fraction of sp³-hybridized carbons (Fsp3) is 0.333. The topological polar surface area (TPSA) is 340 Å². The van der Waals surface area contributed by atoms with Crippen LogP contribution in [0.3, 0.4) is 0 Å². The highest BCUT2D eigenvalue weighted by molar-refractivity contribution is 5.90. The van der Waals surface area contributed by atoms with Crippen molar-refractivity contribution in [2.24, 2.45) is 0 Å². The number of carbonyl (C=O) groups excluding carboxylic acids is 2. The molecule has 21 nitrogen and oxygen atoms in total. The van der Waals surface area contributed by atoms with Gasteiger partial charge in [0.05, 0.1) is 11.6 Å². The summed E-state index contributed by atoms with van der Waals surface area (Å²) in [6, 6.07) is 12.7. The largest absolute Gasteiger partial charge is 0.508 e. The molecule has 0 amide bonds. The van der Waals surface area contributed by atoms with Crippen molar-refractivity contribution < 1.29 is 103 Å². The first-order valence-electron chi connectivity index (χ1n) is 17.9. The summed E-state index contributed by atoms with van der Waals surface area (Å²) in [4.78, 5) is 35.2. The van der Waals surface area contributed by atoms with Gasteiger partial charge in [0.2, 0.25) is 18.3 Å². The van der Waals surface area contributed by atoms with Crippen LogP contribution in [0.1, 0.15) is 12.0 Å². The molecule has 0 unspecified atom stereocenters. The zero-order valence-corrected chi connectivity index (χ0v) is 30.8. The molecule has 3 aromatic carbocycles. The number of ether oxygens (including phenoxy) is 6. The predicted octanol–water partition coefficient (Wildman–Crippen LogP) is -0.149. The molecule has 0 spiro atoms. The molecule has 6 rings (SSSR count). The number of benzene rings is 3. The van der Waals surface area contributed by atoms with E-state index in [2.05, 4.69) is 0 Å². The van der Waals surface area contributed by atoms with Gasteiger partial charge in [-0.3, -0.25) is 9.59 Å². The fourth-order valence-corrected chi connectivity index (χ4v) is 6.09. The Kier molecular flexibility index (Phi) is 13.2. The van der Waals surface area contributed by atoms with E-state index in [-0.39, 0.29) is 45.3 Å². The maximum atomic E-state index is 12.5. The maximum Gasteiger partial charge on any atom is 0.402 e. The zero-order valence-electron chi connectivity index (χ0n) is 30.8. The monoisotopic (exact) mass is 843 g/mol. The molecular formula is C39H39O21+. The average molecular weight is 844 g/mol. The van der Waals surface area contributed by atoms with E-state index in [4.69, 9.17) is 37.9 Å². The molecule has 0 aliphatic carbocycles. The molecule has 2 aliphatic rings. The standard InChI is InChI=1S/C39H38O21/c40-18-5-3-17(4-6-18)37-25(58-39-36(53)34(51)31(48)26(60-39)14-54-29(46)8-2-16-1-7-21(42)22(43)9-16)12-20-23(56-37)10-19(41)11-24(20)57-38-35(52)33(50)32(49)27(59-38)15-55-30(47)13-28(44)45/h1-12,26-27,31-36,38-39,48-53H,13-15H2,(H4-,40,41,42,43,44,45,46)/p+1/t26-,27-,31-,32-,33+,34+,35-,36-,38-,39-/m1/s1. The number of phenols is 4. The Labute approximate surface area is 337 Å². The van der Waals surface area contributed by atoms with E-state index < -0.39 is 110 Å². The van der Waals surface area contributed by atoms with Gasteiger partial charge >= 0.3 is 29.3 Å². The number of hydrogen-bond donors (Lipinski definition) is 11. The second kappa shape index (κ2) is 18.3. The molecular weight excluding hydrogens is 804 g/mol. The lowest BCUT2D eigenvalue weighted by atomic mass is 9.99. The van der Waals surface area contributed by atoms with Crippen molar-refractivity contribution in [1.29, 1.82) is 0 Å². The highest BCUT2D eigenvalue weighted by Gasteiger charge is 2.48. The summed E-state index contributed by atoms with van der Waals surface area (Å²) >= 11 is 0. The lowest BCUT2D eigenvalue weighted by Gasteiger charge is -2.40. The molecule has 60 heavy (non-hydrogen) atoms. The lowest BCUT2D eigenvalue weighted by molar-refractivity contribution is -0.278. The van der Waals surface area contributed by atoms with E-state index in [9.17, 15) is 65.4 Å². The molecule has 1 aromatic heterocycles. The van der Waals surface area contributed by atoms with Gasteiger partial charge in [0.15, 0.2) is 11.5 Å². The van der Waals surface area contributed by atoms with Crippen LogP contribution in [0.4, 0.5) is 0 Å². The molecule has 0 bridgehead atoms. The number of aromatic hydroxyl groups is 4. The Morgan fingerprint density at radius 3 is 1.85 bits per heavy atom. The summed E-state index contributed by atoms with van der Waals surface area (Å²) in [5.41, 5.74) is 0.480. The van der Waals surface area contributed by atoms with Crippen LogP contribution in [-0.2, 0) is 33.3 Å². The minimum Gasteiger partial charge on any atom is -0.508 e. The Morgan fingerprint density at radius 1 is 0.650 bits per heavy atom. The van der Waals surface area contributed by atoms with Crippen LogP contribution in [0.25, 0.3) is 28.4 Å². The third kappa shape index (κ3) is 9.93. The Balaban J connectivity index is 1.27. The second-order valence-electron chi connectivity index (χ2n) is 13.6. The number of esters is 2. The van der Waals surface area contributed by atoms with Crippen LogP contribution in [0.15, 0.2) is 71.2 Å². The van der Waals surface area contributed by atoms with E-state index in [1.165, 1.54) is 54.6 Å². The molecule has 2 aliphatic heterocycles. The number of aliphatic hydroxyl groups is 6. The van der Waals surface area contributed by atoms with Crippen LogP contribution >= 0.6 is 0 Å². The molecule has 10 atom stereocenters. The van der Waals surface area contributed by atoms with Crippen LogP contribution in [0.2, 0.25) is 0 Å². The number of carboxylic acids is 1. The highest BCUT2D eigenvalue weighted by Crippen LogP contribution is 2.42. The van der Waals surface area contributed by atoms with Crippen LogP contribution in [0.5, 0.6) is 34.5 Å². The van der Waals surface area contributed by atoms with E-state index in [0.29, 0.717) is 5.56 Å². The quantitative estimate of drug-likeness (QED) is 0.0274. The molecule has 21 heteroatoms. The van der Waals surface area contributed by atoms with Crippen LogP contribution in [-0.4, -0.2) is 149 Å². The normalized spacial score (nSPS) is 26.7. The molecule has 2 fully saturated rings. The fourth-order valence-electron chi connectivity index (χ4n) is 6.09. The van der Waals surface area contributed by atoms with Crippen molar-refractivity contribution in [3.8, 4) is 45.8 Å². The Hall–Kier alpha value is -6.30. The highest BCUT2D eigenvalue weighted by atomic mass is 16.7. The van der Waals surface area contributed by atoms with Gasteiger partial charge in [-0.05, 0) is 48.0 Å². The van der Waals surface area contributed by atoms with Crippen LogP contribution in [0, 0.1) is 0 Å². The van der Waals surface area contributed by atoms with Crippen molar-refractivity contribution in [3.63, 3.8) is 0 Å². The first kappa shape index (κ1) is 43.3. The SMILES string of the molecule is O=C(O)CC(=O)OC[C@H]1O[C@@H](Oc2cc(O)cc3[o+]c(-c4ccc(O)cc4)c(O[C@@H]4O[C@H](COC(=O)/C=C/c5ccc(O)c(O)c5)[C@@H](O)[C@H](O)[C@H]4O)cc23)[C@H](O)[C@@H](O)[C@@H]1O. The first-order valence-corrected chi connectivity index (χ1v) is 17.9. The number of hydrogen-bond acceptors (Lipinski definition) is 19. The minimum absolute atomic E-state index is 0.0312. The molecule has 3 heterocycles. The van der Waals surface area contributed by atoms with Gasteiger partial charge in [0, 0.05) is 18.2 Å². The van der Waals surface area contributed by atoms with E-state index in [0.717, 1.165) is 18.2 Å². The summed E-state index contributed by atoms with van der Waals surface area (Å²) in [6.45, 7) is -1.42. The van der Waals surface area contributed by atoms with Crippen molar-refractivity contribution in [2.45, 2.75) is 67.8 Å². The van der Waals surface area contributed by atoms with Gasteiger partial charge in [-0.25, -0.2) is 9.21 Å². The van der Waals surface area contributed by atoms with Gasteiger partial charge in [-0.15, -0.1) is 0 Å². The van der Waals surface area contributed by atoms with E-state index >= 15 is 0 Å². The Bertz CT molecular complexity index is 2230. The maximum absolute atomic E-state index is 12.5. The van der Waals surface area contributed by atoms with Crippen molar-refractivity contribution in [3.05, 3.63) is 72.3 Å². The third-order valence-corrected chi connectivity index (χ3v) is 9.26. The molecule has 11 N–H and O–H groups in total. The summed E-state index contributed by atoms with van der Waals surface area (Å²) in [5, 5.41) is 113. The number of phenolic OH excluding ortho intramolecular Hbond substituents is 4. The zero-order chi connectivity index (χ0) is 43.4. The number of carboxylic acid groups (broad SMARTS) is 1. The smallest absolute Gasteiger partial charge is 0.402 e. The number of fused-ring (bicyclic) bond motifs is 1. The molecule has 0 saturated carbocycles. The van der Waals surface area contributed by atoms with Crippen molar-refractivity contribution in [2.75, 3.05) is 13.2 Å². The number of rotatable bonds is 13. The van der Waals surface area contributed by atoms with E-state index in [1.54, 1.807) is 0 Å². The van der Waals surface area contributed by atoms with Crippen molar-refractivity contribution >= 4 is 35.0 Å². The number of aliphatic carboxylic acids is 1. The van der Waals surface area contributed by atoms with Crippen molar-refractivity contribution in [1.82, 2.24) is 0 Å². The van der Waals surface area contributed by atoms with Crippen LogP contribution < -0.4 is 9.47 Å². The molecule has 4 aromatic rings. The summed E-state index contributed by atoms with van der Waals surface area (Å²) in [7, 11) is 0. The van der Waals surface area contributed by atoms with Gasteiger partial charge in [0.25, 0.3) is 0 Å².